The molecule has 0 aliphatic carbocycles. The van der Waals surface area contributed by atoms with E-state index in [1.807, 2.05) is 19.3 Å². The third-order valence-corrected chi connectivity index (χ3v) is 2.52. The summed E-state index contributed by atoms with van der Waals surface area (Å²) in [6, 6.07) is 10.7. The third kappa shape index (κ3) is 2.10. The first kappa shape index (κ1) is 9.99. The Balaban J connectivity index is 2.47. The van der Waals surface area contributed by atoms with Gasteiger partial charge in [0.1, 0.15) is 0 Å². The number of nitrogens with one attached hydrogen (secondary N) is 2. The van der Waals surface area contributed by atoms with Crippen molar-refractivity contribution in [1.82, 2.24) is 10.3 Å². The van der Waals surface area contributed by atoms with Gasteiger partial charge in [-0.15, -0.1) is 0 Å². The molecule has 2 aromatic rings. The Hall–Kier alpha value is -1.54. The molecule has 0 aliphatic rings. The van der Waals surface area contributed by atoms with Gasteiger partial charge in [-0.05, 0) is 37.7 Å². The Morgan fingerprint density at radius 1 is 1.27 bits per heavy atom. The molecule has 0 saturated heterocycles. The second-order valence-electron chi connectivity index (χ2n) is 3.77. The maximum Gasteiger partial charge on any atom is 0.0457 e. The van der Waals surface area contributed by atoms with E-state index < -0.39 is 0 Å². The van der Waals surface area contributed by atoms with E-state index >= 15 is 0 Å². The molecule has 1 aromatic heterocycles. The summed E-state index contributed by atoms with van der Waals surface area (Å²) in [5, 5.41) is 3.19. The zero-order valence-electron chi connectivity index (χ0n) is 9.17. The van der Waals surface area contributed by atoms with E-state index in [2.05, 4.69) is 41.5 Å². The largest absolute Gasteiger partial charge is 0.361 e. The Bertz CT molecular complexity index is 430. The zero-order chi connectivity index (χ0) is 10.7. The van der Waals surface area contributed by atoms with Crippen molar-refractivity contribution in [3.63, 3.8) is 0 Å². The van der Waals surface area contributed by atoms with Crippen LogP contribution < -0.4 is 5.32 Å². The highest BCUT2D eigenvalue weighted by molar-refractivity contribution is 5.64. The Morgan fingerprint density at radius 3 is 2.80 bits per heavy atom. The predicted octanol–water partition coefficient (Wildman–Crippen LogP) is 2.71. The molecule has 0 spiro atoms. The van der Waals surface area contributed by atoms with Gasteiger partial charge in [0.2, 0.25) is 0 Å². The van der Waals surface area contributed by atoms with E-state index in [1.165, 1.54) is 22.4 Å². The van der Waals surface area contributed by atoms with Crippen molar-refractivity contribution in [3.8, 4) is 11.3 Å². The number of rotatable bonds is 3. The summed E-state index contributed by atoms with van der Waals surface area (Å²) in [6.45, 7) is 3.02. The average molecular weight is 200 g/mol. The van der Waals surface area contributed by atoms with Crippen molar-refractivity contribution in [2.45, 2.75) is 13.5 Å². The first-order chi connectivity index (χ1) is 7.31. The second kappa shape index (κ2) is 4.32. The number of aryl methyl sites for hydroxylation is 1. The van der Waals surface area contributed by atoms with Crippen LogP contribution >= 0.6 is 0 Å². The summed E-state index contributed by atoms with van der Waals surface area (Å²) < 4.78 is 0. The average Bonchev–Trinajstić information content (AvgIpc) is 2.74. The molecule has 0 radical (unpaired) electrons. The van der Waals surface area contributed by atoms with Gasteiger partial charge in [0.25, 0.3) is 0 Å². The van der Waals surface area contributed by atoms with Crippen molar-refractivity contribution in [3.05, 3.63) is 47.7 Å². The van der Waals surface area contributed by atoms with Gasteiger partial charge < -0.3 is 10.3 Å². The van der Waals surface area contributed by atoms with Gasteiger partial charge in [-0.2, -0.15) is 0 Å². The lowest BCUT2D eigenvalue weighted by atomic mass is 10.0. The number of aromatic nitrogens is 1. The van der Waals surface area contributed by atoms with Crippen molar-refractivity contribution in [2.75, 3.05) is 7.05 Å². The summed E-state index contributed by atoms with van der Waals surface area (Å²) in [4.78, 5) is 3.25. The molecule has 2 nitrogen and oxygen atoms in total. The van der Waals surface area contributed by atoms with Crippen LogP contribution in [0.3, 0.4) is 0 Å². The maximum absolute atomic E-state index is 3.25. The molecule has 2 N–H and O–H groups in total. The number of aromatic amines is 1. The van der Waals surface area contributed by atoms with Crippen LogP contribution in [0.4, 0.5) is 0 Å². The van der Waals surface area contributed by atoms with Crippen molar-refractivity contribution < 1.29 is 0 Å². The normalized spacial score (nSPS) is 10.5. The Morgan fingerprint density at radius 2 is 2.13 bits per heavy atom. The van der Waals surface area contributed by atoms with Crippen LogP contribution in [0, 0.1) is 6.92 Å². The first-order valence-electron chi connectivity index (χ1n) is 5.19. The molecule has 0 bridgehead atoms. The maximum atomic E-state index is 3.25. The van der Waals surface area contributed by atoms with Crippen molar-refractivity contribution in [1.29, 1.82) is 0 Å². The summed E-state index contributed by atoms with van der Waals surface area (Å²) >= 11 is 0. The molecule has 2 heteroatoms. The van der Waals surface area contributed by atoms with Gasteiger partial charge in [0.05, 0.1) is 0 Å². The highest BCUT2D eigenvalue weighted by atomic mass is 14.8. The smallest absolute Gasteiger partial charge is 0.0457 e. The fourth-order valence-corrected chi connectivity index (χ4v) is 1.78. The molecule has 0 fully saturated rings. The molecule has 0 saturated carbocycles. The second-order valence-corrected chi connectivity index (χ2v) is 3.77. The molecule has 0 aliphatic heterocycles. The van der Waals surface area contributed by atoms with E-state index in [9.17, 15) is 0 Å². The number of hydrogen-bond acceptors (Lipinski definition) is 1. The summed E-state index contributed by atoms with van der Waals surface area (Å²) in [5.41, 5.74) is 5.09. The fraction of sp³-hybridized carbons (Fsp3) is 0.231. The Labute approximate surface area is 90.3 Å². The van der Waals surface area contributed by atoms with Crippen LogP contribution in [-0.2, 0) is 6.54 Å². The topological polar surface area (TPSA) is 27.8 Å². The molecule has 0 atom stereocenters. The first-order valence-corrected chi connectivity index (χ1v) is 5.19. The quantitative estimate of drug-likeness (QED) is 0.783. The summed E-state index contributed by atoms with van der Waals surface area (Å²) in [6.07, 6.45) is 1.96. The standard InChI is InChI=1S/C13H16N2/c1-10-5-6-11(9-14-2)12(8-10)13-4-3-7-15-13/h3-8,14-15H,9H2,1-2H3. The molecule has 2 rings (SSSR count). The molecule has 15 heavy (non-hydrogen) atoms. The van der Waals surface area contributed by atoms with Gasteiger partial charge in [-0.3, -0.25) is 0 Å². The van der Waals surface area contributed by atoms with Gasteiger partial charge in [-0.25, -0.2) is 0 Å². The zero-order valence-corrected chi connectivity index (χ0v) is 9.17. The van der Waals surface area contributed by atoms with E-state index in [-0.39, 0.29) is 0 Å². The molecular formula is C13H16N2. The minimum atomic E-state index is 0.897. The van der Waals surface area contributed by atoms with Crippen LogP contribution in [0.15, 0.2) is 36.5 Å². The van der Waals surface area contributed by atoms with Gasteiger partial charge in [0.15, 0.2) is 0 Å². The SMILES string of the molecule is CNCc1ccc(C)cc1-c1ccc[nH]1. The summed E-state index contributed by atoms with van der Waals surface area (Å²) in [5.74, 6) is 0. The van der Waals surface area contributed by atoms with Crippen LogP contribution in [0.25, 0.3) is 11.3 Å². The number of H-pyrrole nitrogens is 1. The van der Waals surface area contributed by atoms with Gasteiger partial charge in [-0.1, -0.05) is 17.7 Å². The highest BCUT2D eigenvalue weighted by Gasteiger charge is 2.04. The van der Waals surface area contributed by atoms with E-state index in [0.29, 0.717) is 0 Å². The minimum absolute atomic E-state index is 0.897. The molecular weight excluding hydrogens is 184 g/mol. The van der Waals surface area contributed by atoms with E-state index in [4.69, 9.17) is 0 Å². The predicted molar refractivity (Wildman–Crippen MR) is 63.7 cm³/mol. The Kier molecular flexibility index (Phi) is 2.88. The van der Waals surface area contributed by atoms with Crippen LogP contribution in [0.1, 0.15) is 11.1 Å². The molecule has 78 valence electrons. The van der Waals surface area contributed by atoms with Gasteiger partial charge >= 0.3 is 0 Å². The number of benzene rings is 1. The lowest BCUT2D eigenvalue weighted by Gasteiger charge is -2.08. The van der Waals surface area contributed by atoms with Crippen LogP contribution in [0.5, 0.6) is 0 Å². The highest BCUT2D eigenvalue weighted by Crippen LogP contribution is 2.23. The molecule has 1 heterocycles. The van der Waals surface area contributed by atoms with Crippen LogP contribution in [-0.4, -0.2) is 12.0 Å². The molecule has 0 unspecified atom stereocenters. The van der Waals surface area contributed by atoms with Crippen LogP contribution in [0.2, 0.25) is 0 Å². The van der Waals surface area contributed by atoms with Crippen molar-refractivity contribution in [2.24, 2.45) is 0 Å². The van der Waals surface area contributed by atoms with E-state index in [1.54, 1.807) is 0 Å². The summed E-state index contributed by atoms with van der Waals surface area (Å²) in [7, 11) is 1.97. The number of hydrogen-bond donors (Lipinski definition) is 2. The molecule has 1 aromatic carbocycles. The van der Waals surface area contributed by atoms with E-state index in [0.717, 1.165) is 6.54 Å². The lowest BCUT2D eigenvalue weighted by molar-refractivity contribution is 0.818. The molecule has 0 amide bonds. The third-order valence-electron chi connectivity index (χ3n) is 2.52. The van der Waals surface area contributed by atoms with Crippen molar-refractivity contribution >= 4 is 0 Å². The van der Waals surface area contributed by atoms with Gasteiger partial charge in [0, 0.05) is 24.0 Å². The lowest BCUT2D eigenvalue weighted by Crippen LogP contribution is -2.06. The monoisotopic (exact) mass is 200 g/mol. The minimum Gasteiger partial charge on any atom is -0.361 e. The fourth-order valence-electron chi connectivity index (χ4n) is 1.78.